The Morgan fingerprint density at radius 2 is 1.90 bits per heavy atom. The van der Waals surface area contributed by atoms with Crippen molar-refractivity contribution in [2.45, 2.75) is 32.7 Å². The number of aromatic nitrogens is 1. The van der Waals surface area contributed by atoms with Crippen molar-refractivity contribution in [2.24, 2.45) is 0 Å². The topological polar surface area (TPSA) is 54.0 Å². The van der Waals surface area contributed by atoms with Crippen molar-refractivity contribution < 1.29 is 4.79 Å². The van der Waals surface area contributed by atoms with E-state index >= 15 is 0 Å². The minimum Gasteiger partial charge on any atom is -0.367 e. The van der Waals surface area contributed by atoms with Gasteiger partial charge in [0.1, 0.15) is 5.82 Å². The quantitative estimate of drug-likeness (QED) is 0.901. The van der Waals surface area contributed by atoms with Crippen LogP contribution < -0.4 is 10.6 Å². The summed E-state index contributed by atoms with van der Waals surface area (Å²) in [4.78, 5) is 16.8. The first-order valence-electron chi connectivity index (χ1n) is 7.23. The number of nitrogens with zero attached hydrogens (tertiary/aromatic N) is 1. The van der Waals surface area contributed by atoms with Crippen molar-refractivity contribution in [3.05, 3.63) is 53.2 Å². The number of benzene rings is 1. The standard InChI is InChI=1S/C17H19N3O/c1-11-8-12(2)10-14(9-11)20-17(21)15-4-3-7-18-16(15)19-13-5-6-13/h3-4,7-10,13H,5-6H2,1-2H3,(H,18,19)(H,20,21). The van der Waals surface area contributed by atoms with Gasteiger partial charge in [-0.3, -0.25) is 4.79 Å². The monoisotopic (exact) mass is 281 g/mol. The summed E-state index contributed by atoms with van der Waals surface area (Å²) in [6.07, 6.45) is 4.00. The van der Waals surface area contributed by atoms with Crippen molar-refractivity contribution in [1.82, 2.24) is 4.98 Å². The van der Waals surface area contributed by atoms with Crippen molar-refractivity contribution in [1.29, 1.82) is 0 Å². The molecule has 0 saturated heterocycles. The van der Waals surface area contributed by atoms with Gasteiger partial charge in [-0.1, -0.05) is 6.07 Å². The fourth-order valence-corrected chi connectivity index (χ4v) is 2.37. The van der Waals surface area contributed by atoms with Crippen LogP contribution in [0, 0.1) is 13.8 Å². The first-order chi connectivity index (χ1) is 10.1. The van der Waals surface area contributed by atoms with Crippen molar-refractivity contribution in [2.75, 3.05) is 10.6 Å². The van der Waals surface area contributed by atoms with E-state index in [-0.39, 0.29) is 5.91 Å². The predicted octanol–water partition coefficient (Wildman–Crippen LogP) is 3.53. The van der Waals surface area contributed by atoms with Crippen LogP contribution in [0.4, 0.5) is 11.5 Å². The summed E-state index contributed by atoms with van der Waals surface area (Å²) in [6.45, 7) is 4.04. The Morgan fingerprint density at radius 3 is 2.57 bits per heavy atom. The SMILES string of the molecule is Cc1cc(C)cc(NC(=O)c2cccnc2NC2CC2)c1. The average molecular weight is 281 g/mol. The van der Waals surface area contributed by atoms with E-state index in [1.165, 1.54) is 0 Å². The lowest BCUT2D eigenvalue weighted by Gasteiger charge is -2.11. The van der Waals surface area contributed by atoms with Gasteiger partial charge in [0.15, 0.2) is 0 Å². The van der Waals surface area contributed by atoms with Gasteiger partial charge in [-0.2, -0.15) is 0 Å². The fraction of sp³-hybridized carbons (Fsp3) is 0.294. The summed E-state index contributed by atoms with van der Waals surface area (Å²) in [6, 6.07) is 10.1. The number of hydrogen-bond acceptors (Lipinski definition) is 3. The molecule has 0 aliphatic heterocycles. The molecule has 0 bridgehead atoms. The first kappa shape index (κ1) is 13.6. The van der Waals surface area contributed by atoms with Gasteiger partial charge in [-0.15, -0.1) is 0 Å². The van der Waals surface area contributed by atoms with Crippen molar-refractivity contribution >= 4 is 17.4 Å². The molecule has 1 saturated carbocycles. The summed E-state index contributed by atoms with van der Waals surface area (Å²) >= 11 is 0. The van der Waals surface area contributed by atoms with Crippen LogP contribution in [0.3, 0.4) is 0 Å². The maximum Gasteiger partial charge on any atom is 0.259 e. The van der Waals surface area contributed by atoms with Gasteiger partial charge in [0, 0.05) is 17.9 Å². The molecule has 1 aromatic heterocycles. The smallest absolute Gasteiger partial charge is 0.259 e. The molecule has 3 rings (SSSR count). The third-order valence-corrected chi connectivity index (χ3v) is 3.45. The number of anilines is 2. The van der Waals surface area contributed by atoms with Gasteiger partial charge in [-0.25, -0.2) is 4.98 Å². The number of nitrogens with one attached hydrogen (secondary N) is 2. The van der Waals surface area contributed by atoms with Crippen LogP contribution in [-0.4, -0.2) is 16.9 Å². The summed E-state index contributed by atoms with van der Waals surface area (Å²) in [5.74, 6) is 0.540. The lowest BCUT2D eigenvalue weighted by atomic mass is 10.1. The molecule has 0 radical (unpaired) electrons. The second-order valence-electron chi connectivity index (χ2n) is 5.65. The van der Waals surface area contributed by atoms with Gasteiger partial charge in [0.25, 0.3) is 5.91 Å². The van der Waals surface area contributed by atoms with E-state index in [1.54, 1.807) is 18.3 Å². The summed E-state index contributed by atoms with van der Waals surface area (Å²) in [7, 11) is 0. The zero-order chi connectivity index (χ0) is 14.8. The second-order valence-corrected chi connectivity index (χ2v) is 5.65. The van der Waals surface area contributed by atoms with E-state index in [9.17, 15) is 4.79 Å². The molecule has 1 amide bonds. The maximum atomic E-state index is 12.5. The lowest BCUT2D eigenvalue weighted by molar-refractivity contribution is 0.102. The largest absolute Gasteiger partial charge is 0.367 e. The highest BCUT2D eigenvalue weighted by Crippen LogP contribution is 2.26. The summed E-state index contributed by atoms with van der Waals surface area (Å²) in [5.41, 5.74) is 3.67. The molecule has 1 aliphatic rings. The number of rotatable bonds is 4. The molecule has 108 valence electrons. The van der Waals surface area contributed by atoms with Gasteiger partial charge in [0.05, 0.1) is 5.56 Å². The molecule has 1 fully saturated rings. The number of carbonyl (C=O) groups excluding carboxylic acids is 1. The number of aryl methyl sites for hydroxylation is 2. The van der Waals surface area contributed by atoms with Crippen LogP contribution >= 0.6 is 0 Å². The molecular weight excluding hydrogens is 262 g/mol. The van der Waals surface area contributed by atoms with E-state index in [0.29, 0.717) is 17.4 Å². The van der Waals surface area contributed by atoms with Crippen LogP contribution in [0.15, 0.2) is 36.5 Å². The van der Waals surface area contributed by atoms with E-state index in [1.807, 2.05) is 26.0 Å². The van der Waals surface area contributed by atoms with E-state index in [4.69, 9.17) is 0 Å². The molecule has 4 heteroatoms. The molecule has 0 spiro atoms. The maximum absolute atomic E-state index is 12.5. The predicted molar refractivity (Wildman–Crippen MR) is 84.8 cm³/mol. The van der Waals surface area contributed by atoms with Crippen molar-refractivity contribution in [3.8, 4) is 0 Å². The highest BCUT2D eigenvalue weighted by atomic mass is 16.1. The molecule has 1 aliphatic carbocycles. The molecule has 2 N–H and O–H groups in total. The van der Waals surface area contributed by atoms with Gasteiger partial charge in [-0.05, 0) is 62.1 Å². The normalized spacial score (nSPS) is 13.8. The Labute approximate surface area is 124 Å². The molecule has 1 aromatic carbocycles. The summed E-state index contributed by atoms with van der Waals surface area (Å²) < 4.78 is 0. The number of hydrogen-bond donors (Lipinski definition) is 2. The van der Waals surface area contributed by atoms with Crippen LogP contribution in [0.25, 0.3) is 0 Å². The van der Waals surface area contributed by atoms with E-state index in [2.05, 4.69) is 21.7 Å². The van der Waals surface area contributed by atoms with Gasteiger partial charge >= 0.3 is 0 Å². The molecular formula is C17H19N3O. The van der Waals surface area contributed by atoms with E-state index in [0.717, 1.165) is 29.7 Å². The van der Waals surface area contributed by atoms with Gasteiger partial charge < -0.3 is 10.6 Å². The zero-order valence-corrected chi connectivity index (χ0v) is 12.3. The molecule has 21 heavy (non-hydrogen) atoms. The zero-order valence-electron chi connectivity index (χ0n) is 12.3. The fourth-order valence-electron chi connectivity index (χ4n) is 2.37. The Hall–Kier alpha value is -2.36. The molecule has 0 unspecified atom stereocenters. The molecule has 4 nitrogen and oxygen atoms in total. The first-order valence-corrected chi connectivity index (χ1v) is 7.23. The second kappa shape index (κ2) is 5.56. The Morgan fingerprint density at radius 1 is 1.19 bits per heavy atom. The van der Waals surface area contributed by atoms with Crippen LogP contribution in [0.5, 0.6) is 0 Å². The molecule has 1 heterocycles. The van der Waals surface area contributed by atoms with Crippen LogP contribution in [0.1, 0.15) is 34.3 Å². The Kier molecular flexibility index (Phi) is 3.60. The minimum absolute atomic E-state index is 0.128. The Bertz CT molecular complexity index is 657. The minimum atomic E-state index is -0.128. The number of amides is 1. The third-order valence-electron chi connectivity index (χ3n) is 3.45. The number of pyridine rings is 1. The average Bonchev–Trinajstić information content (AvgIpc) is 3.22. The third kappa shape index (κ3) is 3.40. The Balaban J connectivity index is 1.81. The lowest BCUT2D eigenvalue weighted by Crippen LogP contribution is -2.16. The van der Waals surface area contributed by atoms with Crippen molar-refractivity contribution in [3.63, 3.8) is 0 Å². The van der Waals surface area contributed by atoms with Crippen LogP contribution in [-0.2, 0) is 0 Å². The summed E-state index contributed by atoms with van der Waals surface area (Å²) in [5, 5.41) is 6.26. The van der Waals surface area contributed by atoms with E-state index < -0.39 is 0 Å². The highest BCUT2D eigenvalue weighted by Gasteiger charge is 2.23. The molecule has 2 aromatic rings. The van der Waals surface area contributed by atoms with Crippen LogP contribution in [0.2, 0.25) is 0 Å². The van der Waals surface area contributed by atoms with Gasteiger partial charge in [0.2, 0.25) is 0 Å². The molecule has 0 atom stereocenters. The highest BCUT2D eigenvalue weighted by molar-refractivity contribution is 6.07. The number of carbonyl (C=O) groups is 1.